The van der Waals surface area contributed by atoms with Gasteiger partial charge in [-0.2, -0.15) is 5.10 Å². The molecule has 1 aromatic rings. The van der Waals surface area contributed by atoms with Crippen LogP contribution in [0.5, 0.6) is 0 Å². The van der Waals surface area contributed by atoms with Crippen LogP contribution in [-0.2, 0) is 7.05 Å². The molecular weight excluding hydrogens is 224 g/mol. The molecule has 0 aliphatic carbocycles. The molecule has 1 fully saturated rings. The van der Waals surface area contributed by atoms with Crippen molar-refractivity contribution in [1.29, 1.82) is 0 Å². The van der Waals surface area contributed by atoms with Crippen molar-refractivity contribution in [2.45, 2.75) is 33.2 Å². The van der Waals surface area contributed by atoms with Gasteiger partial charge in [0, 0.05) is 31.4 Å². The predicted molar refractivity (Wildman–Crippen MR) is 74.3 cm³/mol. The largest absolute Gasteiger partial charge is 0.329 e. The van der Waals surface area contributed by atoms with E-state index in [9.17, 15) is 0 Å². The summed E-state index contributed by atoms with van der Waals surface area (Å²) in [4.78, 5) is 2.54. The molecule has 2 heterocycles. The van der Waals surface area contributed by atoms with E-state index in [-0.39, 0.29) is 0 Å². The smallest absolute Gasteiger partial charge is 0.0540 e. The fourth-order valence-electron chi connectivity index (χ4n) is 2.89. The fourth-order valence-corrected chi connectivity index (χ4v) is 2.89. The lowest BCUT2D eigenvalue weighted by Gasteiger charge is -2.39. The first kappa shape index (κ1) is 13.6. The van der Waals surface area contributed by atoms with E-state index < -0.39 is 0 Å². The zero-order chi connectivity index (χ0) is 13.3. The molecule has 2 N–H and O–H groups in total. The number of nitrogens with two attached hydrogens (primary N) is 1. The van der Waals surface area contributed by atoms with Gasteiger partial charge >= 0.3 is 0 Å². The van der Waals surface area contributed by atoms with Crippen molar-refractivity contribution >= 4 is 0 Å². The van der Waals surface area contributed by atoms with Crippen LogP contribution in [0.4, 0.5) is 0 Å². The summed E-state index contributed by atoms with van der Waals surface area (Å²) in [6, 6.07) is 0.327. The first-order valence-electron chi connectivity index (χ1n) is 6.97. The standard InChI is InChI=1S/C14H26N4/c1-10-5-6-18(9-11(10)2)14(7-15)13-8-16-17(4)12(13)3/h8,10-11,14H,5-7,9,15H2,1-4H3. The Morgan fingerprint density at radius 2 is 2.17 bits per heavy atom. The predicted octanol–water partition coefficient (Wildman–Crippen LogP) is 1.71. The summed E-state index contributed by atoms with van der Waals surface area (Å²) in [5, 5.41) is 4.35. The number of likely N-dealkylation sites (tertiary alicyclic amines) is 1. The highest BCUT2D eigenvalue weighted by Gasteiger charge is 2.29. The Kier molecular flexibility index (Phi) is 4.07. The van der Waals surface area contributed by atoms with Crippen molar-refractivity contribution in [3.05, 3.63) is 17.5 Å². The van der Waals surface area contributed by atoms with Gasteiger partial charge in [-0.15, -0.1) is 0 Å². The van der Waals surface area contributed by atoms with Crippen LogP contribution in [0.15, 0.2) is 6.20 Å². The van der Waals surface area contributed by atoms with Crippen LogP contribution < -0.4 is 5.73 Å². The Balaban J connectivity index is 2.16. The number of piperidine rings is 1. The van der Waals surface area contributed by atoms with E-state index in [1.54, 1.807) is 0 Å². The second-order valence-electron chi connectivity index (χ2n) is 5.80. The van der Waals surface area contributed by atoms with Gasteiger partial charge in [0.2, 0.25) is 0 Å². The van der Waals surface area contributed by atoms with E-state index in [2.05, 4.69) is 30.8 Å². The maximum atomic E-state index is 6.02. The highest BCUT2D eigenvalue weighted by atomic mass is 15.3. The second kappa shape index (κ2) is 5.41. The van der Waals surface area contributed by atoms with Gasteiger partial charge < -0.3 is 5.73 Å². The molecule has 0 spiro atoms. The summed E-state index contributed by atoms with van der Waals surface area (Å²) in [7, 11) is 1.99. The lowest BCUT2D eigenvalue weighted by atomic mass is 9.87. The molecule has 1 aliphatic rings. The minimum Gasteiger partial charge on any atom is -0.329 e. The number of nitrogens with zero attached hydrogens (tertiary/aromatic N) is 3. The van der Waals surface area contributed by atoms with Crippen LogP contribution in [-0.4, -0.2) is 34.3 Å². The third-order valence-corrected chi connectivity index (χ3v) is 4.66. The van der Waals surface area contributed by atoms with Crippen molar-refractivity contribution in [2.24, 2.45) is 24.6 Å². The first-order valence-corrected chi connectivity index (χ1v) is 6.97. The molecule has 18 heavy (non-hydrogen) atoms. The van der Waals surface area contributed by atoms with Gasteiger partial charge in [0.15, 0.2) is 0 Å². The van der Waals surface area contributed by atoms with E-state index in [1.165, 1.54) is 17.7 Å². The molecule has 0 aromatic carbocycles. The maximum Gasteiger partial charge on any atom is 0.0540 e. The topological polar surface area (TPSA) is 47.1 Å². The normalized spacial score (nSPS) is 27.4. The van der Waals surface area contributed by atoms with Crippen molar-refractivity contribution < 1.29 is 0 Å². The van der Waals surface area contributed by atoms with Crippen molar-refractivity contribution in [3.63, 3.8) is 0 Å². The number of hydrogen-bond acceptors (Lipinski definition) is 3. The number of aryl methyl sites for hydroxylation is 1. The summed E-state index contributed by atoms with van der Waals surface area (Å²) < 4.78 is 1.94. The lowest BCUT2D eigenvalue weighted by Crippen LogP contribution is -2.43. The van der Waals surface area contributed by atoms with E-state index in [0.717, 1.165) is 24.9 Å². The molecule has 102 valence electrons. The maximum absolute atomic E-state index is 6.02. The number of aromatic nitrogens is 2. The van der Waals surface area contributed by atoms with Crippen molar-refractivity contribution in [2.75, 3.05) is 19.6 Å². The zero-order valence-electron chi connectivity index (χ0n) is 12.1. The van der Waals surface area contributed by atoms with E-state index >= 15 is 0 Å². The molecule has 0 radical (unpaired) electrons. The molecule has 3 atom stereocenters. The average molecular weight is 250 g/mol. The van der Waals surface area contributed by atoms with Crippen LogP contribution in [0.3, 0.4) is 0 Å². The Hall–Kier alpha value is -0.870. The minimum absolute atomic E-state index is 0.327. The summed E-state index contributed by atoms with van der Waals surface area (Å²) in [6.07, 6.45) is 3.26. The molecular formula is C14H26N4. The molecule has 4 nitrogen and oxygen atoms in total. The van der Waals surface area contributed by atoms with Gasteiger partial charge in [0.1, 0.15) is 0 Å². The van der Waals surface area contributed by atoms with Crippen LogP contribution in [0.25, 0.3) is 0 Å². The molecule has 3 unspecified atom stereocenters. The highest BCUT2D eigenvalue weighted by molar-refractivity contribution is 5.21. The van der Waals surface area contributed by atoms with Gasteiger partial charge in [-0.05, 0) is 31.7 Å². The molecule has 2 rings (SSSR count). The quantitative estimate of drug-likeness (QED) is 0.888. The lowest BCUT2D eigenvalue weighted by molar-refractivity contribution is 0.0980. The van der Waals surface area contributed by atoms with E-state index in [1.807, 2.05) is 17.9 Å². The molecule has 0 saturated carbocycles. The average Bonchev–Trinajstić information content (AvgIpc) is 2.67. The van der Waals surface area contributed by atoms with Gasteiger partial charge in [-0.1, -0.05) is 13.8 Å². The van der Waals surface area contributed by atoms with Gasteiger partial charge in [-0.3, -0.25) is 9.58 Å². The first-order chi connectivity index (χ1) is 8.54. The van der Waals surface area contributed by atoms with Crippen LogP contribution in [0.2, 0.25) is 0 Å². The summed E-state index contributed by atoms with van der Waals surface area (Å²) in [5.41, 5.74) is 8.54. The summed E-state index contributed by atoms with van der Waals surface area (Å²) in [5.74, 6) is 1.58. The fraction of sp³-hybridized carbons (Fsp3) is 0.786. The highest BCUT2D eigenvalue weighted by Crippen LogP contribution is 2.30. The molecule has 0 bridgehead atoms. The number of hydrogen-bond donors (Lipinski definition) is 1. The third-order valence-electron chi connectivity index (χ3n) is 4.66. The Morgan fingerprint density at radius 3 is 2.67 bits per heavy atom. The van der Waals surface area contributed by atoms with Crippen molar-refractivity contribution in [1.82, 2.24) is 14.7 Å². The van der Waals surface area contributed by atoms with Crippen LogP contribution in [0, 0.1) is 18.8 Å². The zero-order valence-corrected chi connectivity index (χ0v) is 12.1. The van der Waals surface area contributed by atoms with Crippen molar-refractivity contribution in [3.8, 4) is 0 Å². The Bertz CT molecular complexity index is 398. The van der Waals surface area contributed by atoms with Gasteiger partial charge in [-0.25, -0.2) is 0 Å². The Labute approximate surface area is 110 Å². The van der Waals surface area contributed by atoms with Crippen LogP contribution >= 0.6 is 0 Å². The van der Waals surface area contributed by atoms with Gasteiger partial charge in [0.05, 0.1) is 12.2 Å². The SMILES string of the molecule is Cc1c(C(CN)N2CCC(C)C(C)C2)cnn1C. The molecule has 4 heteroatoms. The molecule has 1 aliphatic heterocycles. The van der Waals surface area contributed by atoms with Crippen LogP contribution in [0.1, 0.15) is 37.6 Å². The molecule has 1 saturated heterocycles. The third kappa shape index (κ3) is 2.45. The summed E-state index contributed by atoms with van der Waals surface area (Å²) in [6.45, 7) is 9.81. The van der Waals surface area contributed by atoms with Gasteiger partial charge in [0.25, 0.3) is 0 Å². The Morgan fingerprint density at radius 1 is 1.44 bits per heavy atom. The minimum atomic E-state index is 0.327. The number of rotatable bonds is 3. The molecule has 1 aromatic heterocycles. The monoisotopic (exact) mass is 250 g/mol. The van der Waals surface area contributed by atoms with E-state index in [0.29, 0.717) is 12.6 Å². The summed E-state index contributed by atoms with van der Waals surface area (Å²) >= 11 is 0. The second-order valence-corrected chi connectivity index (χ2v) is 5.80. The van der Waals surface area contributed by atoms with E-state index in [4.69, 9.17) is 5.73 Å². The molecule has 0 amide bonds.